The predicted octanol–water partition coefficient (Wildman–Crippen LogP) is 4.29. The molecule has 0 aromatic heterocycles. The van der Waals surface area contributed by atoms with Crippen molar-refractivity contribution in [3.8, 4) is 0 Å². The number of nitrogens with two attached hydrogens (primary N) is 1. The van der Waals surface area contributed by atoms with Crippen molar-refractivity contribution in [3.63, 3.8) is 0 Å². The van der Waals surface area contributed by atoms with Crippen LogP contribution in [-0.2, 0) is 9.47 Å². The zero-order valence-electron chi connectivity index (χ0n) is 14.9. The quantitative estimate of drug-likeness (QED) is 0.442. The monoisotopic (exact) mass is 328 g/mol. The molecule has 2 heterocycles. The molecule has 0 bridgehead atoms. The summed E-state index contributed by atoms with van der Waals surface area (Å²) in [6.45, 7) is 13.9. The first-order chi connectivity index (χ1) is 10.1. The Bertz CT molecular complexity index is 405. The number of nitrogens with zero attached hydrogens (tertiary/aromatic N) is 3. The summed E-state index contributed by atoms with van der Waals surface area (Å²) in [5.74, 6) is 0.863. The fourth-order valence-corrected chi connectivity index (χ4v) is 2.76. The lowest BCUT2D eigenvalue weighted by Crippen LogP contribution is -2.46. The van der Waals surface area contributed by atoms with Crippen LogP contribution in [0, 0.1) is 11.8 Å². The Hall–Kier alpha value is -0.810. The Labute approximate surface area is 141 Å². The van der Waals surface area contributed by atoms with E-state index in [1.54, 1.807) is 0 Å². The zero-order valence-corrected chi connectivity index (χ0v) is 14.9. The third-order valence-corrected chi connectivity index (χ3v) is 4.49. The molecule has 0 aliphatic carbocycles. The van der Waals surface area contributed by atoms with Crippen LogP contribution in [0.5, 0.6) is 0 Å². The van der Waals surface area contributed by atoms with Crippen LogP contribution < -0.4 is 5.73 Å². The second-order valence-electron chi connectivity index (χ2n) is 7.94. The van der Waals surface area contributed by atoms with Gasteiger partial charge in [-0.05, 0) is 57.9 Å². The van der Waals surface area contributed by atoms with Gasteiger partial charge in [-0.3, -0.25) is 0 Å². The molecule has 0 aromatic rings. The zero-order chi connectivity index (χ0) is 17.0. The molecule has 2 N–H and O–H groups in total. The number of ether oxygens (including phenoxy) is 2. The highest BCUT2D eigenvalue weighted by Crippen LogP contribution is 2.29. The van der Waals surface area contributed by atoms with E-state index in [2.05, 4.69) is 37.7 Å². The molecule has 2 fully saturated rings. The summed E-state index contributed by atoms with van der Waals surface area (Å²) in [5, 5.41) is 3.76. The Morgan fingerprint density at radius 1 is 1.00 bits per heavy atom. The maximum atomic E-state index is 8.32. The van der Waals surface area contributed by atoms with Gasteiger partial charge in [-0.15, -0.1) is 0 Å². The lowest BCUT2D eigenvalue weighted by molar-refractivity contribution is -0.0810. The SMILES string of the molecule is C.C[C@@H]1COC(C)(C)C[C@@H]1N.C[C@@H]1COC(C)(C)C[C@@H]1N=[N+]=[N-]. The van der Waals surface area contributed by atoms with Crippen molar-refractivity contribution in [3.05, 3.63) is 10.4 Å². The van der Waals surface area contributed by atoms with Gasteiger partial charge < -0.3 is 15.2 Å². The van der Waals surface area contributed by atoms with Crippen molar-refractivity contribution < 1.29 is 9.47 Å². The van der Waals surface area contributed by atoms with E-state index in [0.717, 1.165) is 19.4 Å². The number of hydrogen-bond acceptors (Lipinski definition) is 4. The molecular weight excluding hydrogens is 292 g/mol. The lowest BCUT2D eigenvalue weighted by atomic mass is 9.88. The standard InChI is InChI=1S/C8H15N3O.C8H17NO.CH4/c1-6-5-12-8(2,3)4-7(6)10-11-9;1-6-5-10-8(2,3)4-7(6)9;/h6-7H,4-5H2,1-3H3;6-7H,4-5,9H2,1-3H3;1H4/t2*6-,7+;/m11./s1. The van der Waals surface area contributed by atoms with Gasteiger partial charge in [0.25, 0.3) is 0 Å². The Kier molecular flexibility index (Phi) is 8.57. The van der Waals surface area contributed by atoms with E-state index in [4.69, 9.17) is 20.7 Å². The van der Waals surface area contributed by atoms with Crippen molar-refractivity contribution in [2.75, 3.05) is 13.2 Å². The van der Waals surface area contributed by atoms with E-state index in [-0.39, 0.29) is 24.7 Å². The van der Waals surface area contributed by atoms with Crippen LogP contribution in [0.3, 0.4) is 0 Å². The fraction of sp³-hybridized carbons (Fsp3) is 1.00. The minimum absolute atomic E-state index is 0. The van der Waals surface area contributed by atoms with E-state index >= 15 is 0 Å². The normalized spacial score (nSPS) is 34.9. The van der Waals surface area contributed by atoms with Crippen molar-refractivity contribution in [1.82, 2.24) is 0 Å². The van der Waals surface area contributed by atoms with Crippen molar-refractivity contribution in [2.24, 2.45) is 22.7 Å². The van der Waals surface area contributed by atoms with Crippen molar-refractivity contribution in [2.45, 2.75) is 85.1 Å². The van der Waals surface area contributed by atoms with Gasteiger partial charge in [0.15, 0.2) is 0 Å². The van der Waals surface area contributed by atoms with Gasteiger partial charge in [-0.25, -0.2) is 0 Å². The summed E-state index contributed by atoms with van der Waals surface area (Å²) < 4.78 is 11.1. The van der Waals surface area contributed by atoms with Gasteiger partial charge in [-0.2, -0.15) is 0 Å². The van der Waals surface area contributed by atoms with E-state index in [9.17, 15) is 0 Å². The molecule has 2 aliphatic heterocycles. The van der Waals surface area contributed by atoms with E-state index in [1.807, 2.05) is 13.8 Å². The highest BCUT2D eigenvalue weighted by Gasteiger charge is 2.32. The third kappa shape index (κ3) is 7.53. The van der Waals surface area contributed by atoms with E-state index in [0.29, 0.717) is 24.5 Å². The highest BCUT2D eigenvalue weighted by molar-refractivity contribution is 4.87. The van der Waals surface area contributed by atoms with Gasteiger partial charge in [0.1, 0.15) is 0 Å². The van der Waals surface area contributed by atoms with Gasteiger partial charge in [0.05, 0.1) is 24.4 Å². The average Bonchev–Trinajstić information content (AvgIpc) is 2.39. The smallest absolute Gasteiger partial charge is 0.0641 e. The van der Waals surface area contributed by atoms with Crippen LogP contribution in [-0.4, -0.2) is 36.5 Å². The molecule has 0 aromatic carbocycles. The Balaban J connectivity index is 0.000000409. The number of hydrogen-bond donors (Lipinski definition) is 1. The molecule has 6 heteroatoms. The van der Waals surface area contributed by atoms with Crippen LogP contribution in [0.25, 0.3) is 10.4 Å². The molecular formula is C17H36N4O2. The molecule has 2 saturated heterocycles. The molecule has 2 rings (SSSR count). The van der Waals surface area contributed by atoms with E-state index < -0.39 is 0 Å². The summed E-state index contributed by atoms with van der Waals surface area (Å²) in [6.07, 6.45) is 1.80. The number of azide groups is 1. The van der Waals surface area contributed by atoms with Gasteiger partial charge in [0, 0.05) is 17.0 Å². The summed E-state index contributed by atoms with van der Waals surface area (Å²) in [4.78, 5) is 2.84. The molecule has 0 saturated carbocycles. The summed E-state index contributed by atoms with van der Waals surface area (Å²) in [5.41, 5.74) is 14.1. The predicted molar refractivity (Wildman–Crippen MR) is 95.3 cm³/mol. The molecule has 0 amide bonds. The van der Waals surface area contributed by atoms with Crippen LogP contribution in [0.1, 0.15) is 61.8 Å². The first kappa shape index (κ1) is 22.2. The van der Waals surface area contributed by atoms with Crippen LogP contribution in [0.4, 0.5) is 0 Å². The fourth-order valence-electron chi connectivity index (χ4n) is 2.76. The molecule has 6 nitrogen and oxygen atoms in total. The highest BCUT2D eigenvalue weighted by atomic mass is 16.5. The number of rotatable bonds is 1. The maximum Gasteiger partial charge on any atom is 0.0641 e. The topological polar surface area (TPSA) is 93.2 Å². The van der Waals surface area contributed by atoms with Crippen LogP contribution in [0.15, 0.2) is 5.11 Å². The second kappa shape index (κ2) is 8.88. The summed E-state index contributed by atoms with van der Waals surface area (Å²) in [7, 11) is 0. The van der Waals surface area contributed by atoms with Gasteiger partial charge >= 0.3 is 0 Å². The molecule has 23 heavy (non-hydrogen) atoms. The minimum atomic E-state index is -0.134. The van der Waals surface area contributed by atoms with Crippen LogP contribution >= 0.6 is 0 Å². The molecule has 0 spiro atoms. The summed E-state index contributed by atoms with van der Waals surface area (Å²) in [6, 6.07) is 0.419. The van der Waals surface area contributed by atoms with Crippen LogP contribution in [0.2, 0.25) is 0 Å². The molecule has 0 unspecified atom stereocenters. The summed E-state index contributed by atoms with van der Waals surface area (Å²) >= 11 is 0. The molecule has 2 aliphatic rings. The first-order valence-electron chi connectivity index (χ1n) is 8.14. The third-order valence-electron chi connectivity index (χ3n) is 4.49. The van der Waals surface area contributed by atoms with Gasteiger partial charge in [0.2, 0.25) is 0 Å². The largest absolute Gasteiger partial charge is 0.375 e. The first-order valence-corrected chi connectivity index (χ1v) is 8.14. The average molecular weight is 329 g/mol. The molecule has 136 valence electrons. The Morgan fingerprint density at radius 3 is 1.91 bits per heavy atom. The minimum Gasteiger partial charge on any atom is -0.375 e. The van der Waals surface area contributed by atoms with Gasteiger partial charge in [-0.1, -0.05) is 26.4 Å². The van der Waals surface area contributed by atoms with Crippen molar-refractivity contribution >= 4 is 0 Å². The second-order valence-corrected chi connectivity index (χ2v) is 7.94. The van der Waals surface area contributed by atoms with Crippen molar-refractivity contribution in [1.29, 1.82) is 0 Å². The molecule has 0 radical (unpaired) electrons. The Morgan fingerprint density at radius 2 is 1.48 bits per heavy atom. The molecule has 4 atom stereocenters. The maximum absolute atomic E-state index is 8.32. The lowest BCUT2D eigenvalue weighted by Gasteiger charge is -2.37. The van der Waals surface area contributed by atoms with E-state index in [1.165, 1.54) is 0 Å².